The molecule has 0 aliphatic carbocycles. The summed E-state index contributed by atoms with van der Waals surface area (Å²) < 4.78 is 5.21. The number of methoxy groups -OCH3 is 1. The van der Waals surface area contributed by atoms with Gasteiger partial charge in [-0.15, -0.1) is 0 Å². The number of fused-ring (bicyclic) bond motifs is 1. The van der Waals surface area contributed by atoms with Crippen LogP contribution in [0.3, 0.4) is 0 Å². The van der Waals surface area contributed by atoms with Crippen molar-refractivity contribution in [2.24, 2.45) is 5.92 Å². The number of carbonyl (C=O) groups is 1. The standard InChI is InChI=1S/C16H20N2O2/c1-11-4-3-7-18(10-11)16(19)14-9-17-15-8-12(20-2)5-6-13(14)15/h5-6,8-9,11,17H,3-4,7,10H2,1-2H3. The number of ether oxygens (including phenoxy) is 1. The molecule has 1 aromatic carbocycles. The van der Waals surface area contributed by atoms with Gasteiger partial charge in [-0.05, 0) is 30.9 Å². The fourth-order valence-electron chi connectivity index (χ4n) is 2.95. The molecule has 1 atom stereocenters. The SMILES string of the molecule is COc1ccc2c(C(=O)N3CCCC(C)C3)c[nH]c2c1. The summed E-state index contributed by atoms with van der Waals surface area (Å²) in [5.74, 6) is 1.52. The van der Waals surface area contributed by atoms with Crippen LogP contribution in [-0.2, 0) is 0 Å². The quantitative estimate of drug-likeness (QED) is 0.913. The number of benzene rings is 1. The van der Waals surface area contributed by atoms with Crippen LogP contribution < -0.4 is 4.74 Å². The summed E-state index contributed by atoms with van der Waals surface area (Å²) in [7, 11) is 1.64. The molecule has 106 valence electrons. The van der Waals surface area contributed by atoms with Crippen molar-refractivity contribution in [1.29, 1.82) is 0 Å². The monoisotopic (exact) mass is 272 g/mol. The van der Waals surface area contributed by atoms with Gasteiger partial charge in [0.1, 0.15) is 5.75 Å². The maximum atomic E-state index is 12.6. The summed E-state index contributed by atoms with van der Waals surface area (Å²) >= 11 is 0. The predicted octanol–water partition coefficient (Wildman–Crippen LogP) is 3.05. The number of hydrogen-bond acceptors (Lipinski definition) is 2. The molecule has 1 aliphatic heterocycles. The molecular weight excluding hydrogens is 252 g/mol. The zero-order chi connectivity index (χ0) is 14.1. The van der Waals surface area contributed by atoms with E-state index in [2.05, 4.69) is 11.9 Å². The van der Waals surface area contributed by atoms with Crippen molar-refractivity contribution < 1.29 is 9.53 Å². The number of hydrogen-bond donors (Lipinski definition) is 1. The van der Waals surface area contributed by atoms with Gasteiger partial charge < -0.3 is 14.6 Å². The van der Waals surface area contributed by atoms with Crippen LogP contribution in [0, 0.1) is 5.92 Å². The fourth-order valence-corrected chi connectivity index (χ4v) is 2.95. The molecule has 1 unspecified atom stereocenters. The lowest BCUT2D eigenvalue weighted by molar-refractivity contribution is 0.0685. The van der Waals surface area contributed by atoms with E-state index in [4.69, 9.17) is 4.74 Å². The van der Waals surface area contributed by atoms with E-state index in [1.807, 2.05) is 29.3 Å². The van der Waals surface area contributed by atoms with Gasteiger partial charge in [-0.25, -0.2) is 0 Å². The minimum atomic E-state index is 0.132. The minimum Gasteiger partial charge on any atom is -0.497 e. The number of likely N-dealkylation sites (tertiary alicyclic amines) is 1. The van der Waals surface area contributed by atoms with Crippen molar-refractivity contribution in [3.05, 3.63) is 30.0 Å². The van der Waals surface area contributed by atoms with E-state index in [0.29, 0.717) is 5.92 Å². The molecule has 2 heterocycles. The molecule has 1 saturated heterocycles. The molecule has 1 aliphatic rings. The van der Waals surface area contributed by atoms with Crippen molar-refractivity contribution in [3.63, 3.8) is 0 Å². The maximum absolute atomic E-state index is 12.6. The Kier molecular flexibility index (Phi) is 3.38. The third-order valence-corrected chi connectivity index (χ3v) is 4.06. The second kappa shape index (κ2) is 5.19. The molecule has 3 rings (SSSR count). The van der Waals surface area contributed by atoms with Crippen LogP contribution in [0.5, 0.6) is 5.75 Å². The van der Waals surface area contributed by atoms with Gasteiger partial charge in [0.25, 0.3) is 5.91 Å². The highest BCUT2D eigenvalue weighted by Gasteiger charge is 2.23. The highest BCUT2D eigenvalue weighted by molar-refractivity contribution is 6.07. The van der Waals surface area contributed by atoms with Gasteiger partial charge in [0, 0.05) is 36.3 Å². The van der Waals surface area contributed by atoms with Gasteiger partial charge in [-0.1, -0.05) is 6.92 Å². The van der Waals surface area contributed by atoms with Crippen LogP contribution in [0.2, 0.25) is 0 Å². The van der Waals surface area contributed by atoms with Crippen molar-refractivity contribution >= 4 is 16.8 Å². The lowest BCUT2D eigenvalue weighted by atomic mass is 9.99. The second-order valence-electron chi connectivity index (χ2n) is 5.61. The molecule has 0 spiro atoms. The Labute approximate surface area is 118 Å². The molecule has 20 heavy (non-hydrogen) atoms. The van der Waals surface area contributed by atoms with Gasteiger partial charge in [-0.2, -0.15) is 0 Å². The molecule has 1 N–H and O–H groups in total. The summed E-state index contributed by atoms with van der Waals surface area (Å²) in [6.45, 7) is 3.94. The molecule has 0 radical (unpaired) electrons. The van der Waals surface area contributed by atoms with Crippen molar-refractivity contribution in [1.82, 2.24) is 9.88 Å². The third-order valence-electron chi connectivity index (χ3n) is 4.06. The number of aromatic amines is 1. The molecule has 0 saturated carbocycles. The van der Waals surface area contributed by atoms with Crippen LogP contribution in [-0.4, -0.2) is 36.0 Å². The third kappa shape index (κ3) is 2.26. The number of nitrogens with zero attached hydrogens (tertiary/aromatic N) is 1. The number of H-pyrrole nitrogens is 1. The zero-order valence-corrected chi connectivity index (χ0v) is 12.0. The average Bonchev–Trinajstić information content (AvgIpc) is 2.89. The van der Waals surface area contributed by atoms with Crippen molar-refractivity contribution in [2.75, 3.05) is 20.2 Å². The number of aromatic nitrogens is 1. The average molecular weight is 272 g/mol. The maximum Gasteiger partial charge on any atom is 0.256 e. The summed E-state index contributed by atoms with van der Waals surface area (Å²) in [6.07, 6.45) is 4.13. The summed E-state index contributed by atoms with van der Waals surface area (Å²) in [4.78, 5) is 17.8. The Hall–Kier alpha value is -1.97. The zero-order valence-electron chi connectivity index (χ0n) is 12.0. The predicted molar refractivity (Wildman–Crippen MR) is 79.2 cm³/mol. The van der Waals surface area contributed by atoms with E-state index < -0.39 is 0 Å². The summed E-state index contributed by atoms with van der Waals surface area (Å²) in [5, 5.41) is 0.967. The number of amides is 1. The smallest absolute Gasteiger partial charge is 0.256 e. The first-order valence-electron chi connectivity index (χ1n) is 7.13. The number of rotatable bonds is 2. The topological polar surface area (TPSA) is 45.3 Å². The van der Waals surface area contributed by atoms with Crippen LogP contribution in [0.1, 0.15) is 30.1 Å². The Morgan fingerprint density at radius 2 is 2.30 bits per heavy atom. The Morgan fingerprint density at radius 1 is 1.45 bits per heavy atom. The molecule has 2 aromatic rings. The lowest BCUT2D eigenvalue weighted by Crippen LogP contribution is -2.39. The molecular formula is C16H20N2O2. The van der Waals surface area contributed by atoms with E-state index in [1.165, 1.54) is 6.42 Å². The van der Waals surface area contributed by atoms with Gasteiger partial charge >= 0.3 is 0 Å². The highest BCUT2D eigenvalue weighted by Crippen LogP contribution is 2.25. The normalized spacial score (nSPS) is 19.3. The van der Waals surface area contributed by atoms with Crippen LogP contribution >= 0.6 is 0 Å². The van der Waals surface area contributed by atoms with Crippen LogP contribution in [0.25, 0.3) is 10.9 Å². The molecule has 4 heteroatoms. The fraction of sp³-hybridized carbons (Fsp3) is 0.438. The Balaban J connectivity index is 1.91. The first-order valence-corrected chi connectivity index (χ1v) is 7.13. The van der Waals surface area contributed by atoms with Gasteiger partial charge in [-0.3, -0.25) is 4.79 Å². The molecule has 1 aromatic heterocycles. The number of piperidine rings is 1. The molecule has 4 nitrogen and oxygen atoms in total. The molecule has 1 fully saturated rings. The summed E-state index contributed by atoms with van der Waals surface area (Å²) in [5.41, 5.74) is 1.70. The van der Waals surface area contributed by atoms with Gasteiger partial charge in [0.15, 0.2) is 0 Å². The van der Waals surface area contributed by atoms with Gasteiger partial charge in [0.05, 0.1) is 12.7 Å². The first-order chi connectivity index (χ1) is 9.69. The largest absolute Gasteiger partial charge is 0.497 e. The first kappa shape index (κ1) is 13.0. The van der Waals surface area contributed by atoms with Crippen LogP contribution in [0.4, 0.5) is 0 Å². The lowest BCUT2D eigenvalue weighted by Gasteiger charge is -2.30. The van der Waals surface area contributed by atoms with Crippen molar-refractivity contribution in [2.45, 2.75) is 19.8 Å². The minimum absolute atomic E-state index is 0.132. The van der Waals surface area contributed by atoms with Gasteiger partial charge in [0.2, 0.25) is 0 Å². The van der Waals surface area contributed by atoms with E-state index in [1.54, 1.807) is 7.11 Å². The summed E-state index contributed by atoms with van der Waals surface area (Å²) in [6, 6.07) is 5.77. The highest BCUT2D eigenvalue weighted by atomic mass is 16.5. The molecule has 1 amide bonds. The van der Waals surface area contributed by atoms with E-state index in [9.17, 15) is 4.79 Å². The number of carbonyl (C=O) groups excluding carboxylic acids is 1. The van der Waals surface area contributed by atoms with E-state index in [-0.39, 0.29) is 5.91 Å². The Bertz CT molecular complexity index is 632. The number of nitrogens with one attached hydrogen (secondary N) is 1. The van der Waals surface area contributed by atoms with Crippen molar-refractivity contribution in [3.8, 4) is 5.75 Å². The second-order valence-corrected chi connectivity index (χ2v) is 5.61. The van der Waals surface area contributed by atoms with E-state index in [0.717, 1.165) is 41.7 Å². The molecule has 0 bridgehead atoms. The van der Waals surface area contributed by atoms with Crippen LogP contribution in [0.15, 0.2) is 24.4 Å². The van der Waals surface area contributed by atoms with E-state index >= 15 is 0 Å². The Morgan fingerprint density at radius 3 is 3.05 bits per heavy atom.